The number of hydrogen-bond acceptors (Lipinski definition) is 2. The Hall–Kier alpha value is -1.21. The van der Waals surface area contributed by atoms with Crippen LogP contribution in [0.4, 0.5) is 8.78 Å². The van der Waals surface area contributed by atoms with Gasteiger partial charge in [0.15, 0.2) is 17.4 Å². The topological polar surface area (TPSA) is 21.3 Å². The lowest BCUT2D eigenvalue weighted by Gasteiger charge is -2.10. The van der Waals surface area contributed by atoms with Crippen molar-refractivity contribution in [2.24, 2.45) is 0 Å². The second-order valence-electron chi connectivity index (χ2n) is 4.62. The van der Waals surface area contributed by atoms with Gasteiger partial charge in [0, 0.05) is 10.1 Å². The van der Waals surface area contributed by atoms with E-state index in [2.05, 4.69) is 27.9 Å². The third-order valence-corrected chi connectivity index (χ3v) is 3.57. The molecule has 112 valence electrons. The maximum absolute atomic E-state index is 14.0. The molecule has 0 saturated heterocycles. The van der Waals surface area contributed by atoms with Crippen molar-refractivity contribution < 1.29 is 13.5 Å². The normalized spacial score (nSPS) is 10.7. The van der Waals surface area contributed by atoms with Crippen LogP contribution >= 0.6 is 22.6 Å². The first kappa shape index (κ1) is 16.2. The fraction of sp³-hybridized carbons (Fsp3) is 0.250. The molecule has 0 spiro atoms. The first-order chi connectivity index (χ1) is 10.1. The van der Waals surface area contributed by atoms with Gasteiger partial charge in [-0.05, 0) is 77.5 Å². The van der Waals surface area contributed by atoms with E-state index < -0.39 is 11.6 Å². The number of nitrogens with one attached hydrogen (secondary N) is 1. The zero-order valence-electron chi connectivity index (χ0n) is 11.6. The highest BCUT2D eigenvalue weighted by atomic mass is 127. The maximum Gasteiger partial charge on any atom is 0.198 e. The lowest BCUT2D eigenvalue weighted by molar-refractivity contribution is 0.406. The van der Waals surface area contributed by atoms with Crippen molar-refractivity contribution in [1.82, 2.24) is 5.32 Å². The average Bonchev–Trinajstić information content (AvgIpc) is 2.45. The van der Waals surface area contributed by atoms with Gasteiger partial charge in [0.25, 0.3) is 0 Å². The van der Waals surface area contributed by atoms with Crippen molar-refractivity contribution in [2.75, 3.05) is 6.54 Å². The summed E-state index contributed by atoms with van der Waals surface area (Å²) in [6.45, 7) is 3.28. The Bertz CT molecular complexity index is 579. The largest absolute Gasteiger partial charge is 0.451 e. The highest BCUT2D eigenvalue weighted by Gasteiger charge is 2.13. The monoisotopic (exact) mass is 403 g/mol. The van der Waals surface area contributed by atoms with Crippen molar-refractivity contribution in [1.29, 1.82) is 0 Å². The van der Waals surface area contributed by atoms with E-state index in [4.69, 9.17) is 4.74 Å². The quantitative estimate of drug-likeness (QED) is 0.550. The Morgan fingerprint density at radius 1 is 1.10 bits per heavy atom. The highest BCUT2D eigenvalue weighted by Crippen LogP contribution is 2.29. The van der Waals surface area contributed by atoms with Crippen LogP contribution in [0.3, 0.4) is 0 Å². The molecule has 0 aliphatic rings. The molecule has 0 aromatic heterocycles. The van der Waals surface area contributed by atoms with E-state index in [0.29, 0.717) is 17.9 Å². The first-order valence-electron chi connectivity index (χ1n) is 6.72. The van der Waals surface area contributed by atoms with Gasteiger partial charge in [0.05, 0.1) is 0 Å². The van der Waals surface area contributed by atoms with E-state index in [9.17, 15) is 8.78 Å². The smallest absolute Gasteiger partial charge is 0.198 e. The van der Waals surface area contributed by atoms with Crippen LogP contribution in [0.25, 0.3) is 0 Å². The van der Waals surface area contributed by atoms with E-state index in [1.165, 1.54) is 12.1 Å². The van der Waals surface area contributed by atoms with Gasteiger partial charge >= 0.3 is 0 Å². The summed E-state index contributed by atoms with van der Waals surface area (Å²) in [7, 11) is 0. The van der Waals surface area contributed by atoms with Crippen LogP contribution in [0.15, 0.2) is 36.4 Å². The van der Waals surface area contributed by atoms with E-state index >= 15 is 0 Å². The predicted molar refractivity (Wildman–Crippen MR) is 87.6 cm³/mol. The number of ether oxygens (including phenoxy) is 1. The minimum atomic E-state index is -0.693. The van der Waals surface area contributed by atoms with Crippen molar-refractivity contribution in [3.8, 4) is 11.5 Å². The van der Waals surface area contributed by atoms with Gasteiger partial charge in [-0.25, -0.2) is 8.78 Å². The summed E-state index contributed by atoms with van der Waals surface area (Å²) < 4.78 is 34.3. The highest BCUT2D eigenvalue weighted by molar-refractivity contribution is 14.1. The van der Waals surface area contributed by atoms with Crippen molar-refractivity contribution in [3.05, 3.63) is 57.2 Å². The van der Waals surface area contributed by atoms with Gasteiger partial charge < -0.3 is 10.1 Å². The standard InChI is InChI=1S/C16H16F2INO/c1-2-7-20-10-11-8-14(17)16(15(18)9-11)21-13-5-3-12(19)4-6-13/h3-6,8-9,20H,2,7,10H2,1H3. The molecule has 0 radical (unpaired) electrons. The van der Waals surface area contributed by atoms with Gasteiger partial charge in [0.1, 0.15) is 5.75 Å². The number of benzene rings is 2. The molecule has 0 fully saturated rings. The average molecular weight is 403 g/mol. The summed E-state index contributed by atoms with van der Waals surface area (Å²) in [6.07, 6.45) is 0.971. The minimum Gasteiger partial charge on any atom is -0.451 e. The first-order valence-corrected chi connectivity index (χ1v) is 7.80. The molecule has 0 saturated carbocycles. The van der Waals surface area contributed by atoms with Gasteiger partial charge in [0.2, 0.25) is 0 Å². The summed E-state index contributed by atoms with van der Waals surface area (Å²) in [4.78, 5) is 0. The fourth-order valence-corrected chi connectivity index (χ4v) is 2.20. The van der Waals surface area contributed by atoms with Crippen LogP contribution in [0.5, 0.6) is 11.5 Å². The Kier molecular flexibility index (Phi) is 5.93. The number of hydrogen-bond donors (Lipinski definition) is 1. The molecule has 21 heavy (non-hydrogen) atoms. The zero-order valence-corrected chi connectivity index (χ0v) is 13.8. The summed E-state index contributed by atoms with van der Waals surface area (Å²) in [5, 5.41) is 3.11. The molecule has 1 N–H and O–H groups in total. The fourth-order valence-electron chi connectivity index (χ4n) is 1.84. The SMILES string of the molecule is CCCNCc1cc(F)c(Oc2ccc(I)cc2)c(F)c1. The van der Waals surface area contributed by atoms with Crippen molar-refractivity contribution in [3.63, 3.8) is 0 Å². The third kappa shape index (κ3) is 4.64. The van der Waals surface area contributed by atoms with Crippen molar-refractivity contribution >= 4 is 22.6 Å². The molecule has 5 heteroatoms. The molecule has 0 atom stereocenters. The van der Waals surface area contributed by atoms with Crippen LogP contribution in [0, 0.1) is 15.2 Å². The van der Waals surface area contributed by atoms with Gasteiger partial charge in [-0.2, -0.15) is 0 Å². The maximum atomic E-state index is 14.0. The minimum absolute atomic E-state index is 0.365. The molecule has 0 bridgehead atoms. The van der Waals surface area contributed by atoms with Crippen molar-refractivity contribution in [2.45, 2.75) is 19.9 Å². The van der Waals surface area contributed by atoms with Crippen LogP contribution in [-0.2, 0) is 6.54 Å². The van der Waals surface area contributed by atoms with Crippen LogP contribution in [0.1, 0.15) is 18.9 Å². The van der Waals surface area contributed by atoms with Gasteiger partial charge in [-0.1, -0.05) is 6.92 Å². The molecular formula is C16H16F2INO. The second-order valence-corrected chi connectivity index (χ2v) is 5.87. The second kappa shape index (κ2) is 7.70. The molecule has 0 amide bonds. The molecule has 0 aliphatic carbocycles. The van der Waals surface area contributed by atoms with E-state index in [1.807, 2.05) is 19.1 Å². The lowest BCUT2D eigenvalue weighted by atomic mass is 10.2. The zero-order chi connectivity index (χ0) is 15.2. The predicted octanol–water partition coefficient (Wildman–Crippen LogP) is 4.86. The van der Waals surface area contributed by atoms with Gasteiger partial charge in [-0.15, -0.1) is 0 Å². The molecule has 0 heterocycles. The summed E-state index contributed by atoms with van der Waals surface area (Å²) in [6, 6.07) is 9.58. The molecule has 0 aliphatic heterocycles. The molecule has 2 rings (SSSR count). The van der Waals surface area contributed by atoms with E-state index in [-0.39, 0.29) is 5.75 Å². The van der Waals surface area contributed by atoms with E-state index in [1.54, 1.807) is 12.1 Å². The van der Waals surface area contributed by atoms with Gasteiger partial charge in [-0.3, -0.25) is 0 Å². The molecule has 2 nitrogen and oxygen atoms in total. The Morgan fingerprint density at radius 2 is 1.71 bits per heavy atom. The third-order valence-electron chi connectivity index (χ3n) is 2.85. The summed E-state index contributed by atoms with van der Waals surface area (Å²) in [5.74, 6) is -1.34. The van der Waals surface area contributed by atoms with Crippen LogP contribution in [0.2, 0.25) is 0 Å². The molecule has 2 aromatic carbocycles. The number of halogens is 3. The van der Waals surface area contributed by atoms with E-state index in [0.717, 1.165) is 16.5 Å². The van der Waals surface area contributed by atoms with Crippen LogP contribution < -0.4 is 10.1 Å². The Balaban J connectivity index is 2.14. The number of rotatable bonds is 6. The molecule has 0 unspecified atom stereocenters. The summed E-state index contributed by atoms with van der Waals surface area (Å²) in [5.41, 5.74) is 0.563. The lowest BCUT2D eigenvalue weighted by Crippen LogP contribution is -2.14. The molecular weight excluding hydrogens is 387 g/mol. The van der Waals surface area contributed by atoms with Crippen LogP contribution in [-0.4, -0.2) is 6.54 Å². The Morgan fingerprint density at radius 3 is 2.29 bits per heavy atom. The summed E-state index contributed by atoms with van der Waals surface area (Å²) >= 11 is 2.15. The molecule has 2 aromatic rings. The Labute approximate surface area is 136 Å².